The summed E-state index contributed by atoms with van der Waals surface area (Å²) in [5.74, 6) is 0.0967. The van der Waals surface area contributed by atoms with Gasteiger partial charge in [-0.2, -0.15) is 5.10 Å². The van der Waals surface area contributed by atoms with Crippen LogP contribution in [0.2, 0.25) is 0 Å². The zero-order valence-corrected chi connectivity index (χ0v) is 16.4. The second-order valence-corrected chi connectivity index (χ2v) is 8.15. The molecular weight excluding hydrogens is 364 g/mol. The molecule has 27 heavy (non-hydrogen) atoms. The summed E-state index contributed by atoms with van der Waals surface area (Å²) in [6, 6.07) is 0.152. The molecule has 9 heteroatoms. The lowest BCUT2D eigenvalue weighted by atomic mass is 10.0. The van der Waals surface area contributed by atoms with E-state index in [0.29, 0.717) is 5.69 Å². The van der Waals surface area contributed by atoms with E-state index in [1.54, 1.807) is 21.2 Å². The van der Waals surface area contributed by atoms with Crippen molar-refractivity contribution >= 4 is 23.2 Å². The van der Waals surface area contributed by atoms with E-state index in [1.807, 2.05) is 20.3 Å². The Hall–Kier alpha value is -2.26. The van der Waals surface area contributed by atoms with Gasteiger partial charge in [0.2, 0.25) is 5.91 Å². The third kappa shape index (κ3) is 3.74. The van der Waals surface area contributed by atoms with E-state index in [-0.39, 0.29) is 23.9 Å². The highest BCUT2D eigenvalue weighted by molar-refractivity contribution is 7.13. The maximum absolute atomic E-state index is 12.5. The number of carbonyl (C=O) groups excluding carboxylic acids is 2. The molecule has 0 aliphatic carbocycles. The van der Waals surface area contributed by atoms with Crippen molar-refractivity contribution in [3.05, 3.63) is 23.5 Å². The van der Waals surface area contributed by atoms with Crippen LogP contribution >= 0.6 is 11.3 Å². The monoisotopic (exact) mass is 388 g/mol. The largest absolute Gasteiger partial charge is 0.348 e. The molecule has 8 nitrogen and oxygen atoms in total. The van der Waals surface area contributed by atoms with Crippen LogP contribution in [0.3, 0.4) is 0 Å². The molecule has 2 amide bonds. The van der Waals surface area contributed by atoms with Crippen LogP contribution in [0.25, 0.3) is 10.6 Å². The summed E-state index contributed by atoms with van der Waals surface area (Å²) < 4.78 is 1.72. The van der Waals surface area contributed by atoms with Crippen molar-refractivity contribution in [1.82, 2.24) is 29.9 Å². The number of nitrogens with zero attached hydrogens (tertiary/aromatic N) is 5. The van der Waals surface area contributed by atoms with Crippen LogP contribution in [0, 0.1) is 0 Å². The Morgan fingerprint density at radius 1 is 1.22 bits per heavy atom. The van der Waals surface area contributed by atoms with Gasteiger partial charge in [0.15, 0.2) is 0 Å². The number of likely N-dealkylation sites (tertiary alicyclic amines) is 2. The lowest BCUT2D eigenvalue weighted by Gasteiger charge is -2.35. The Balaban J connectivity index is 1.31. The molecule has 1 unspecified atom stereocenters. The molecule has 2 fully saturated rings. The van der Waals surface area contributed by atoms with Crippen molar-refractivity contribution in [3.8, 4) is 10.6 Å². The zero-order chi connectivity index (χ0) is 19.0. The Labute approximate surface area is 162 Å². The van der Waals surface area contributed by atoms with Gasteiger partial charge in [0.25, 0.3) is 5.91 Å². The number of thiazole rings is 1. The summed E-state index contributed by atoms with van der Waals surface area (Å²) >= 11 is 1.45. The summed E-state index contributed by atoms with van der Waals surface area (Å²) in [7, 11) is 3.72. The van der Waals surface area contributed by atoms with Gasteiger partial charge in [-0.15, -0.1) is 11.3 Å². The molecule has 2 aliphatic heterocycles. The van der Waals surface area contributed by atoms with Crippen molar-refractivity contribution in [2.75, 3.05) is 26.7 Å². The first kappa shape index (κ1) is 18.1. The van der Waals surface area contributed by atoms with Gasteiger partial charge < -0.3 is 10.2 Å². The molecule has 4 rings (SSSR count). The number of aromatic nitrogens is 3. The smallest absolute Gasteiger partial charge is 0.270 e. The third-order valence-electron chi connectivity index (χ3n) is 5.39. The maximum Gasteiger partial charge on any atom is 0.270 e. The van der Waals surface area contributed by atoms with Crippen LogP contribution in [-0.2, 0) is 11.8 Å². The molecule has 0 spiro atoms. The van der Waals surface area contributed by atoms with Crippen molar-refractivity contribution in [2.24, 2.45) is 7.05 Å². The van der Waals surface area contributed by atoms with Crippen molar-refractivity contribution in [2.45, 2.75) is 31.3 Å². The highest BCUT2D eigenvalue weighted by Gasteiger charge is 2.36. The number of likely N-dealkylation sites (N-methyl/N-ethyl adjacent to an activating group) is 1. The highest BCUT2D eigenvalue weighted by atomic mass is 32.1. The molecule has 1 N–H and O–H groups in total. The third-order valence-corrected chi connectivity index (χ3v) is 6.28. The van der Waals surface area contributed by atoms with E-state index >= 15 is 0 Å². The molecule has 4 heterocycles. The summed E-state index contributed by atoms with van der Waals surface area (Å²) in [6.45, 7) is 2.52. The molecule has 144 valence electrons. The fourth-order valence-corrected chi connectivity index (χ4v) is 4.58. The minimum atomic E-state index is -0.128. The predicted octanol–water partition coefficient (Wildman–Crippen LogP) is 0.968. The molecule has 1 atom stereocenters. The van der Waals surface area contributed by atoms with Crippen molar-refractivity contribution in [3.63, 3.8) is 0 Å². The van der Waals surface area contributed by atoms with E-state index in [4.69, 9.17) is 0 Å². The van der Waals surface area contributed by atoms with Crippen molar-refractivity contribution in [1.29, 1.82) is 0 Å². The van der Waals surface area contributed by atoms with Crippen LogP contribution in [0.4, 0.5) is 0 Å². The number of hydrogen-bond donors (Lipinski definition) is 1. The summed E-state index contributed by atoms with van der Waals surface area (Å²) in [5.41, 5.74) is 1.37. The van der Waals surface area contributed by atoms with Gasteiger partial charge in [-0.1, -0.05) is 0 Å². The lowest BCUT2D eigenvalue weighted by molar-refractivity contribution is -0.131. The van der Waals surface area contributed by atoms with Gasteiger partial charge >= 0.3 is 0 Å². The maximum atomic E-state index is 12.5. The van der Waals surface area contributed by atoms with E-state index in [1.165, 1.54) is 11.3 Å². The first-order valence-corrected chi connectivity index (χ1v) is 10.1. The van der Waals surface area contributed by atoms with Crippen LogP contribution in [0.15, 0.2) is 17.8 Å². The number of piperidine rings is 1. The average molecular weight is 388 g/mol. The van der Waals surface area contributed by atoms with Crippen LogP contribution < -0.4 is 5.32 Å². The molecule has 2 saturated heterocycles. The molecule has 2 aliphatic rings. The second kappa shape index (κ2) is 7.40. The Bertz CT molecular complexity index is 839. The van der Waals surface area contributed by atoms with Crippen LogP contribution in [-0.4, -0.2) is 75.1 Å². The number of rotatable bonds is 4. The van der Waals surface area contributed by atoms with Gasteiger partial charge in [0.1, 0.15) is 10.7 Å². The highest BCUT2D eigenvalue weighted by Crippen LogP contribution is 2.24. The second-order valence-electron chi connectivity index (χ2n) is 7.29. The van der Waals surface area contributed by atoms with Crippen LogP contribution in [0.5, 0.6) is 0 Å². The first-order chi connectivity index (χ1) is 13.0. The van der Waals surface area contributed by atoms with E-state index in [2.05, 4.69) is 20.3 Å². The van der Waals surface area contributed by atoms with Crippen LogP contribution in [0.1, 0.15) is 29.8 Å². The molecule has 0 bridgehead atoms. The fraction of sp³-hybridized carbons (Fsp3) is 0.556. The van der Waals surface area contributed by atoms with Gasteiger partial charge in [-0.25, -0.2) is 4.98 Å². The number of amides is 2. The SMILES string of the molecule is CN1CCC(N2CCC(NC(=O)c3csc(-c4cnn(C)c4)n3)CC2)C1=O. The van der Waals surface area contributed by atoms with E-state index in [9.17, 15) is 9.59 Å². The summed E-state index contributed by atoms with van der Waals surface area (Å²) in [5, 5.41) is 9.83. The topological polar surface area (TPSA) is 83.4 Å². The fourth-order valence-electron chi connectivity index (χ4n) is 3.80. The standard InChI is InChI=1S/C18H24N6O2S/c1-22-6-5-15(18(22)26)24-7-3-13(4-8-24)20-16(25)14-11-27-17(21-14)12-9-19-23(2)10-12/h9-11,13,15H,3-8H2,1-2H3,(H,20,25). The average Bonchev–Trinajstić information content (AvgIpc) is 3.38. The minimum Gasteiger partial charge on any atom is -0.348 e. The summed E-state index contributed by atoms with van der Waals surface area (Å²) in [4.78, 5) is 33.2. The van der Waals surface area contributed by atoms with Gasteiger partial charge in [-0.05, 0) is 19.3 Å². The molecule has 0 aromatic carbocycles. The van der Waals surface area contributed by atoms with Gasteiger partial charge in [-0.3, -0.25) is 19.2 Å². The molecule has 2 aromatic rings. The van der Waals surface area contributed by atoms with Gasteiger partial charge in [0, 0.05) is 56.9 Å². The minimum absolute atomic E-state index is 0.0206. The number of nitrogens with one attached hydrogen (secondary N) is 1. The number of aryl methyl sites for hydroxylation is 1. The number of carbonyl (C=O) groups is 2. The molecular formula is C18H24N6O2S. The molecule has 0 radical (unpaired) electrons. The molecule has 0 saturated carbocycles. The van der Waals surface area contributed by atoms with Crippen molar-refractivity contribution < 1.29 is 9.59 Å². The Morgan fingerprint density at radius 3 is 2.63 bits per heavy atom. The Kier molecular flexibility index (Phi) is 4.96. The predicted molar refractivity (Wildman–Crippen MR) is 102 cm³/mol. The quantitative estimate of drug-likeness (QED) is 0.844. The summed E-state index contributed by atoms with van der Waals surface area (Å²) in [6.07, 6.45) is 6.26. The normalized spacial score (nSPS) is 21.8. The Morgan fingerprint density at radius 2 is 2.00 bits per heavy atom. The van der Waals surface area contributed by atoms with Gasteiger partial charge in [0.05, 0.1) is 12.2 Å². The number of hydrogen-bond acceptors (Lipinski definition) is 6. The van der Waals surface area contributed by atoms with E-state index in [0.717, 1.165) is 49.5 Å². The van der Waals surface area contributed by atoms with E-state index < -0.39 is 0 Å². The molecule has 2 aromatic heterocycles. The zero-order valence-electron chi connectivity index (χ0n) is 15.6. The first-order valence-electron chi connectivity index (χ1n) is 9.25. The lowest BCUT2D eigenvalue weighted by Crippen LogP contribution is -2.50.